The highest BCUT2D eigenvalue weighted by molar-refractivity contribution is 5.94. The molecule has 1 heterocycles. The van der Waals surface area contributed by atoms with Gasteiger partial charge >= 0.3 is 0 Å². The number of anilines is 1. The minimum atomic E-state index is 0.0626. The Morgan fingerprint density at radius 2 is 2.20 bits per heavy atom. The third-order valence-electron chi connectivity index (χ3n) is 2.26. The molecule has 0 unspecified atom stereocenters. The fourth-order valence-corrected chi connectivity index (χ4v) is 1.44. The summed E-state index contributed by atoms with van der Waals surface area (Å²) in [6, 6.07) is 3.75. The molecule has 0 saturated heterocycles. The molecule has 0 fully saturated rings. The molecule has 4 heteroatoms. The minimum absolute atomic E-state index is 0.0626. The third kappa shape index (κ3) is 2.94. The molecule has 0 spiro atoms. The van der Waals surface area contributed by atoms with Crippen LogP contribution in [0, 0.1) is 5.41 Å². The lowest BCUT2D eigenvalue weighted by Crippen LogP contribution is -2.24. The van der Waals surface area contributed by atoms with E-state index in [-0.39, 0.29) is 5.84 Å². The number of nitrogens with zero attached hydrogens (tertiary/aromatic N) is 2. The molecule has 1 aromatic heterocycles. The lowest BCUT2D eigenvalue weighted by Gasteiger charge is -2.21. The van der Waals surface area contributed by atoms with E-state index in [9.17, 15) is 0 Å². The van der Waals surface area contributed by atoms with E-state index in [2.05, 4.69) is 23.7 Å². The molecular weight excluding hydrogens is 188 g/mol. The van der Waals surface area contributed by atoms with Crippen molar-refractivity contribution in [2.45, 2.75) is 20.3 Å². The second kappa shape index (κ2) is 5.34. The molecule has 0 aliphatic carbocycles. The largest absolute Gasteiger partial charge is 0.384 e. The fraction of sp³-hybridized carbons (Fsp3) is 0.455. The van der Waals surface area contributed by atoms with Gasteiger partial charge in [-0.25, -0.2) is 4.98 Å². The van der Waals surface area contributed by atoms with Crippen LogP contribution in [0.4, 0.5) is 5.82 Å². The van der Waals surface area contributed by atoms with Crippen LogP contribution in [0.1, 0.15) is 25.8 Å². The molecule has 0 aliphatic rings. The Kier molecular flexibility index (Phi) is 4.09. The Hall–Kier alpha value is -1.58. The highest BCUT2D eigenvalue weighted by Crippen LogP contribution is 2.11. The molecule has 0 atom stereocenters. The van der Waals surface area contributed by atoms with Crippen molar-refractivity contribution in [2.75, 3.05) is 18.0 Å². The Morgan fingerprint density at radius 1 is 1.47 bits per heavy atom. The Balaban J connectivity index is 2.81. The molecule has 0 amide bonds. The highest BCUT2D eigenvalue weighted by atomic mass is 15.2. The van der Waals surface area contributed by atoms with Gasteiger partial charge in [-0.05, 0) is 25.5 Å². The van der Waals surface area contributed by atoms with E-state index in [1.807, 2.05) is 12.1 Å². The van der Waals surface area contributed by atoms with E-state index in [0.717, 1.165) is 25.3 Å². The summed E-state index contributed by atoms with van der Waals surface area (Å²) in [7, 11) is 0. The third-order valence-corrected chi connectivity index (χ3v) is 2.26. The van der Waals surface area contributed by atoms with E-state index in [0.29, 0.717) is 5.56 Å². The average Bonchev–Trinajstić information content (AvgIpc) is 2.26. The van der Waals surface area contributed by atoms with E-state index < -0.39 is 0 Å². The molecule has 0 bridgehead atoms. The topological polar surface area (TPSA) is 66.0 Å². The van der Waals surface area contributed by atoms with Crippen LogP contribution < -0.4 is 10.6 Å². The zero-order valence-electron chi connectivity index (χ0n) is 9.33. The first kappa shape index (κ1) is 11.5. The molecule has 15 heavy (non-hydrogen) atoms. The van der Waals surface area contributed by atoms with E-state index in [4.69, 9.17) is 11.1 Å². The Bertz CT molecular complexity index is 318. The SMILES string of the molecule is CCCN(CC)c1ccc(C(=N)N)cn1. The van der Waals surface area contributed by atoms with E-state index in [1.165, 1.54) is 0 Å². The van der Waals surface area contributed by atoms with Gasteiger partial charge in [0, 0.05) is 24.8 Å². The monoisotopic (exact) mass is 206 g/mol. The molecule has 4 nitrogen and oxygen atoms in total. The predicted molar refractivity (Wildman–Crippen MR) is 63.4 cm³/mol. The summed E-state index contributed by atoms with van der Waals surface area (Å²) in [5.41, 5.74) is 6.03. The minimum Gasteiger partial charge on any atom is -0.384 e. The number of amidine groups is 1. The number of nitrogens with two attached hydrogens (primary N) is 1. The molecule has 0 saturated carbocycles. The van der Waals surface area contributed by atoms with Gasteiger partial charge in [0.2, 0.25) is 0 Å². The molecule has 0 aromatic carbocycles. The molecule has 82 valence electrons. The summed E-state index contributed by atoms with van der Waals surface area (Å²) in [6.07, 6.45) is 2.75. The van der Waals surface area contributed by atoms with E-state index in [1.54, 1.807) is 6.20 Å². The zero-order chi connectivity index (χ0) is 11.3. The van der Waals surface area contributed by atoms with Crippen molar-refractivity contribution in [3.63, 3.8) is 0 Å². The smallest absolute Gasteiger partial charge is 0.128 e. The highest BCUT2D eigenvalue weighted by Gasteiger charge is 2.04. The quantitative estimate of drug-likeness (QED) is 0.568. The van der Waals surface area contributed by atoms with Gasteiger partial charge in [-0.1, -0.05) is 6.92 Å². The summed E-state index contributed by atoms with van der Waals surface area (Å²) < 4.78 is 0. The number of rotatable bonds is 5. The molecule has 0 aliphatic heterocycles. The van der Waals surface area contributed by atoms with Gasteiger partial charge in [0.05, 0.1) is 0 Å². The van der Waals surface area contributed by atoms with Crippen molar-refractivity contribution < 1.29 is 0 Å². The second-order valence-electron chi connectivity index (χ2n) is 3.40. The maximum absolute atomic E-state index is 7.26. The maximum atomic E-state index is 7.26. The Morgan fingerprint density at radius 3 is 2.60 bits per heavy atom. The van der Waals surface area contributed by atoms with Gasteiger partial charge < -0.3 is 10.6 Å². The van der Waals surface area contributed by atoms with E-state index >= 15 is 0 Å². The maximum Gasteiger partial charge on any atom is 0.128 e. The van der Waals surface area contributed by atoms with Gasteiger partial charge in [0.25, 0.3) is 0 Å². The van der Waals surface area contributed by atoms with Crippen LogP contribution in [0.5, 0.6) is 0 Å². The van der Waals surface area contributed by atoms with Crippen molar-refractivity contribution in [1.29, 1.82) is 5.41 Å². The lowest BCUT2D eigenvalue weighted by molar-refractivity contribution is 0.778. The first-order chi connectivity index (χ1) is 7.19. The van der Waals surface area contributed by atoms with Crippen LogP contribution in [0.2, 0.25) is 0 Å². The first-order valence-electron chi connectivity index (χ1n) is 5.24. The first-order valence-corrected chi connectivity index (χ1v) is 5.24. The van der Waals surface area contributed by atoms with Crippen LogP contribution in [0.3, 0.4) is 0 Å². The summed E-state index contributed by atoms with van der Waals surface area (Å²) in [5.74, 6) is 1.01. The lowest BCUT2D eigenvalue weighted by atomic mass is 10.2. The molecule has 1 rings (SSSR count). The summed E-state index contributed by atoms with van der Waals surface area (Å²) in [5, 5.41) is 7.26. The summed E-state index contributed by atoms with van der Waals surface area (Å²) in [6.45, 7) is 6.20. The number of aromatic nitrogens is 1. The van der Waals surface area contributed by atoms with Crippen LogP contribution in [0.15, 0.2) is 18.3 Å². The molecule has 1 aromatic rings. The Labute approximate surface area is 90.6 Å². The van der Waals surface area contributed by atoms with Crippen LogP contribution in [-0.4, -0.2) is 23.9 Å². The van der Waals surface area contributed by atoms with Crippen molar-refractivity contribution in [3.8, 4) is 0 Å². The average molecular weight is 206 g/mol. The number of pyridine rings is 1. The molecule has 3 N–H and O–H groups in total. The van der Waals surface area contributed by atoms with Crippen molar-refractivity contribution in [1.82, 2.24) is 4.98 Å². The molecular formula is C11H18N4. The fourth-order valence-electron chi connectivity index (χ4n) is 1.44. The van der Waals surface area contributed by atoms with Crippen molar-refractivity contribution in [2.24, 2.45) is 5.73 Å². The summed E-state index contributed by atoms with van der Waals surface area (Å²) >= 11 is 0. The standard InChI is InChI=1S/C11H18N4/c1-3-7-15(4-2)10-6-5-9(8-14-10)11(12)13/h5-6,8H,3-4,7H2,1-2H3,(H3,12,13). The predicted octanol–water partition coefficient (Wildman–Crippen LogP) is 1.60. The summed E-state index contributed by atoms with van der Waals surface area (Å²) in [4.78, 5) is 6.49. The van der Waals surface area contributed by atoms with Gasteiger partial charge in [0.15, 0.2) is 0 Å². The number of hydrogen-bond acceptors (Lipinski definition) is 3. The molecule has 0 radical (unpaired) electrons. The normalized spacial score (nSPS) is 10.0. The number of nitrogens with one attached hydrogen (secondary N) is 1. The van der Waals surface area contributed by atoms with Crippen LogP contribution in [0.25, 0.3) is 0 Å². The van der Waals surface area contributed by atoms with Crippen LogP contribution in [-0.2, 0) is 0 Å². The van der Waals surface area contributed by atoms with Gasteiger partial charge in [0.1, 0.15) is 11.7 Å². The zero-order valence-corrected chi connectivity index (χ0v) is 9.33. The van der Waals surface area contributed by atoms with Crippen molar-refractivity contribution >= 4 is 11.7 Å². The van der Waals surface area contributed by atoms with Gasteiger partial charge in [-0.3, -0.25) is 5.41 Å². The number of hydrogen-bond donors (Lipinski definition) is 2. The number of nitrogen functional groups attached to an aromatic ring is 1. The van der Waals surface area contributed by atoms with Crippen molar-refractivity contribution in [3.05, 3.63) is 23.9 Å². The van der Waals surface area contributed by atoms with Gasteiger partial charge in [-0.15, -0.1) is 0 Å². The van der Waals surface area contributed by atoms with Crippen LogP contribution >= 0.6 is 0 Å². The second-order valence-corrected chi connectivity index (χ2v) is 3.40. The van der Waals surface area contributed by atoms with Gasteiger partial charge in [-0.2, -0.15) is 0 Å².